The average molecular weight is 428 g/mol. The summed E-state index contributed by atoms with van der Waals surface area (Å²) in [5.74, 6) is -0.206. The van der Waals surface area contributed by atoms with E-state index < -0.39 is 0 Å². The van der Waals surface area contributed by atoms with Crippen LogP contribution in [0.15, 0.2) is 61.1 Å². The van der Waals surface area contributed by atoms with Crippen molar-refractivity contribution < 1.29 is 4.39 Å². The van der Waals surface area contributed by atoms with Gasteiger partial charge in [-0.2, -0.15) is 0 Å². The maximum Gasteiger partial charge on any atom is 0.126 e. The second kappa shape index (κ2) is 8.73. The monoisotopic (exact) mass is 427 g/mol. The van der Waals surface area contributed by atoms with Gasteiger partial charge in [0.05, 0.1) is 16.7 Å². The Morgan fingerprint density at radius 2 is 1.59 bits per heavy atom. The number of halogens is 1. The normalized spacial score (nSPS) is 15.3. The van der Waals surface area contributed by atoms with Gasteiger partial charge in [-0.3, -0.25) is 19.9 Å². The minimum atomic E-state index is -0.206. The van der Waals surface area contributed by atoms with Gasteiger partial charge in [-0.25, -0.2) is 4.39 Å². The van der Waals surface area contributed by atoms with Crippen LogP contribution in [0.3, 0.4) is 0 Å². The Bertz CT molecular complexity index is 1260. The molecule has 1 fully saturated rings. The number of hydrogen-bond acceptors (Lipinski definition) is 5. The fourth-order valence-electron chi connectivity index (χ4n) is 4.23. The number of fused-ring (bicyclic) bond motifs is 1. The number of rotatable bonds is 4. The molecular weight excluding hydrogens is 401 g/mol. The molecule has 0 radical (unpaired) electrons. The van der Waals surface area contributed by atoms with E-state index in [0.29, 0.717) is 5.56 Å². The van der Waals surface area contributed by atoms with Gasteiger partial charge in [-0.1, -0.05) is 6.07 Å². The van der Waals surface area contributed by atoms with E-state index in [-0.39, 0.29) is 5.82 Å². The molecule has 0 N–H and O–H groups in total. The third-order valence-corrected chi connectivity index (χ3v) is 6.16. The lowest BCUT2D eigenvalue weighted by molar-refractivity contribution is 0.148. The summed E-state index contributed by atoms with van der Waals surface area (Å²) in [6, 6.07) is 13.5. The Morgan fingerprint density at radius 1 is 0.844 bits per heavy atom. The number of likely N-dealkylation sites (N-methyl/N-ethyl adjacent to an activating group) is 1. The molecule has 0 atom stereocenters. The molecule has 0 amide bonds. The first-order valence-corrected chi connectivity index (χ1v) is 10.9. The van der Waals surface area contributed by atoms with E-state index in [9.17, 15) is 4.39 Å². The van der Waals surface area contributed by atoms with Crippen molar-refractivity contribution in [1.82, 2.24) is 24.8 Å². The highest BCUT2D eigenvalue weighted by molar-refractivity contribution is 5.87. The first kappa shape index (κ1) is 20.7. The minimum Gasteiger partial charge on any atom is -0.304 e. The van der Waals surface area contributed by atoms with Crippen LogP contribution in [0, 0.1) is 12.7 Å². The molecule has 1 aliphatic heterocycles. The predicted octanol–water partition coefficient (Wildman–Crippen LogP) is 4.55. The first-order valence-electron chi connectivity index (χ1n) is 10.9. The third kappa shape index (κ3) is 4.24. The molecule has 6 heteroatoms. The zero-order valence-corrected chi connectivity index (χ0v) is 18.4. The van der Waals surface area contributed by atoms with E-state index in [1.807, 2.05) is 18.3 Å². The molecule has 2 aromatic carbocycles. The highest BCUT2D eigenvalue weighted by atomic mass is 19.1. The topological polar surface area (TPSA) is 45.2 Å². The molecule has 0 saturated carbocycles. The number of aryl methyl sites for hydroxylation is 1. The highest BCUT2D eigenvalue weighted by Crippen LogP contribution is 2.33. The number of hydrogen-bond donors (Lipinski definition) is 0. The summed E-state index contributed by atoms with van der Waals surface area (Å²) >= 11 is 0. The Balaban J connectivity index is 1.58. The number of pyridine rings is 1. The molecular formula is C26H26FN5. The molecule has 1 aliphatic rings. The number of nitrogens with zero attached hydrogens (tertiary/aromatic N) is 5. The van der Waals surface area contributed by atoms with Crippen molar-refractivity contribution in [3.8, 4) is 22.4 Å². The quantitative estimate of drug-likeness (QED) is 0.478. The summed E-state index contributed by atoms with van der Waals surface area (Å²) in [7, 11) is 2.17. The lowest BCUT2D eigenvalue weighted by atomic mass is 9.96. The molecule has 0 bridgehead atoms. The van der Waals surface area contributed by atoms with Crippen molar-refractivity contribution in [3.63, 3.8) is 0 Å². The number of piperazine rings is 1. The van der Waals surface area contributed by atoms with Crippen LogP contribution in [0.4, 0.5) is 4.39 Å². The molecule has 1 saturated heterocycles. The summed E-state index contributed by atoms with van der Waals surface area (Å²) in [6.45, 7) is 6.91. The van der Waals surface area contributed by atoms with Gasteiger partial charge in [-0.15, -0.1) is 0 Å². The van der Waals surface area contributed by atoms with Gasteiger partial charge in [0.15, 0.2) is 0 Å². The maximum atomic E-state index is 13.9. The fraction of sp³-hybridized carbons (Fsp3) is 0.269. The van der Waals surface area contributed by atoms with E-state index in [0.717, 1.165) is 66.1 Å². The van der Waals surface area contributed by atoms with Crippen LogP contribution in [0.25, 0.3) is 33.4 Å². The van der Waals surface area contributed by atoms with Gasteiger partial charge in [-0.05, 0) is 67.1 Å². The summed E-state index contributed by atoms with van der Waals surface area (Å²) in [5.41, 5.74) is 7.29. The van der Waals surface area contributed by atoms with Crippen LogP contribution >= 0.6 is 0 Å². The molecule has 2 aromatic heterocycles. The number of benzene rings is 2. The summed E-state index contributed by atoms with van der Waals surface area (Å²) < 4.78 is 13.9. The van der Waals surface area contributed by atoms with Gasteiger partial charge >= 0.3 is 0 Å². The fourth-order valence-corrected chi connectivity index (χ4v) is 4.23. The lowest BCUT2D eigenvalue weighted by Crippen LogP contribution is -2.43. The van der Waals surface area contributed by atoms with Crippen molar-refractivity contribution in [2.75, 3.05) is 33.2 Å². The largest absolute Gasteiger partial charge is 0.304 e. The van der Waals surface area contributed by atoms with E-state index in [4.69, 9.17) is 4.98 Å². The van der Waals surface area contributed by atoms with Crippen molar-refractivity contribution in [2.24, 2.45) is 0 Å². The zero-order valence-electron chi connectivity index (χ0n) is 18.4. The van der Waals surface area contributed by atoms with Crippen LogP contribution in [0.2, 0.25) is 0 Å². The van der Waals surface area contributed by atoms with Crippen LogP contribution < -0.4 is 0 Å². The van der Waals surface area contributed by atoms with E-state index >= 15 is 0 Å². The first-order chi connectivity index (χ1) is 15.6. The highest BCUT2D eigenvalue weighted by Gasteiger charge is 2.17. The maximum absolute atomic E-state index is 13.9. The van der Waals surface area contributed by atoms with Gasteiger partial charge in [0, 0.05) is 62.4 Å². The minimum absolute atomic E-state index is 0.206. The molecule has 0 spiro atoms. The molecule has 0 aliphatic carbocycles. The van der Waals surface area contributed by atoms with Crippen LogP contribution in [-0.4, -0.2) is 58.0 Å². The van der Waals surface area contributed by atoms with Gasteiger partial charge in [0.1, 0.15) is 5.82 Å². The van der Waals surface area contributed by atoms with Crippen LogP contribution in [-0.2, 0) is 6.54 Å². The lowest BCUT2D eigenvalue weighted by Gasteiger charge is -2.32. The third-order valence-electron chi connectivity index (χ3n) is 6.16. The molecule has 4 aromatic rings. The summed E-state index contributed by atoms with van der Waals surface area (Å²) in [5, 5.41) is 0. The zero-order chi connectivity index (χ0) is 22.1. The van der Waals surface area contributed by atoms with E-state index in [1.165, 1.54) is 11.6 Å². The Kier molecular flexibility index (Phi) is 5.64. The van der Waals surface area contributed by atoms with Crippen molar-refractivity contribution in [3.05, 3.63) is 78.0 Å². The molecule has 5 rings (SSSR count). The van der Waals surface area contributed by atoms with Gasteiger partial charge in [0.25, 0.3) is 0 Å². The Labute approximate surface area is 187 Å². The van der Waals surface area contributed by atoms with Crippen molar-refractivity contribution in [1.29, 1.82) is 0 Å². The van der Waals surface area contributed by atoms with Gasteiger partial charge in [0.2, 0.25) is 0 Å². The Hall–Kier alpha value is -3.22. The van der Waals surface area contributed by atoms with Gasteiger partial charge < -0.3 is 4.90 Å². The predicted molar refractivity (Wildman–Crippen MR) is 126 cm³/mol. The molecule has 3 heterocycles. The number of aromatic nitrogens is 3. The van der Waals surface area contributed by atoms with Crippen molar-refractivity contribution >= 4 is 11.0 Å². The summed E-state index contributed by atoms with van der Waals surface area (Å²) in [4.78, 5) is 18.5. The van der Waals surface area contributed by atoms with E-state index in [1.54, 1.807) is 25.4 Å². The van der Waals surface area contributed by atoms with Crippen LogP contribution in [0.1, 0.15) is 11.1 Å². The van der Waals surface area contributed by atoms with Crippen LogP contribution in [0.5, 0.6) is 0 Å². The molecule has 5 nitrogen and oxygen atoms in total. The second-order valence-corrected chi connectivity index (χ2v) is 8.54. The molecule has 32 heavy (non-hydrogen) atoms. The average Bonchev–Trinajstić information content (AvgIpc) is 2.82. The smallest absolute Gasteiger partial charge is 0.126 e. The van der Waals surface area contributed by atoms with Crippen molar-refractivity contribution in [2.45, 2.75) is 13.5 Å². The standard InChI is InChI=1S/C26H26FN5/c1-18-13-21(3-5-23(18)27)26-22(20-4-6-24-25(15-20)29-8-7-28-24)14-19(16-30-26)17-32-11-9-31(2)10-12-32/h3-8,13-16H,9-12,17H2,1-2H3. The molecule has 162 valence electrons. The Morgan fingerprint density at radius 3 is 2.38 bits per heavy atom. The SMILES string of the molecule is Cc1cc(-c2ncc(CN3CCN(C)CC3)cc2-c2ccc3nccnc3c2)ccc1F. The second-order valence-electron chi connectivity index (χ2n) is 8.54. The van der Waals surface area contributed by atoms with E-state index in [2.05, 4.69) is 45.0 Å². The molecule has 0 unspecified atom stereocenters. The summed E-state index contributed by atoms with van der Waals surface area (Å²) in [6.07, 6.45) is 5.36.